The van der Waals surface area contributed by atoms with Crippen LogP contribution in [0.3, 0.4) is 0 Å². The molecule has 1 saturated heterocycles. The van der Waals surface area contributed by atoms with Crippen molar-refractivity contribution < 1.29 is 14.3 Å². The van der Waals surface area contributed by atoms with Gasteiger partial charge >= 0.3 is 0 Å². The molecule has 0 radical (unpaired) electrons. The van der Waals surface area contributed by atoms with Crippen molar-refractivity contribution in [1.82, 2.24) is 19.7 Å². The van der Waals surface area contributed by atoms with E-state index < -0.39 is 5.92 Å². The molecule has 1 aromatic carbocycles. The minimum atomic E-state index is -0.476. The summed E-state index contributed by atoms with van der Waals surface area (Å²) in [5.41, 5.74) is 1.55. The Balaban J connectivity index is 1.38. The Labute approximate surface area is 167 Å². The second-order valence-electron chi connectivity index (χ2n) is 6.68. The molecule has 0 bridgehead atoms. The zero-order valence-electron chi connectivity index (χ0n) is 15.9. The molecule has 0 aliphatic carbocycles. The highest BCUT2D eigenvalue weighted by molar-refractivity contribution is 6.03. The van der Waals surface area contributed by atoms with Crippen LogP contribution in [0.5, 0.6) is 5.75 Å². The highest BCUT2D eigenvalue weighted by Crippen LogP contribution is 2.28. The number of anilines is 2. The number of hydrogen-bond acceptors (Lipinski definition) is 6. The molecular weight excluding hydrogens is 372 g/mol. The number of ether oxygens (including phenoxy) is 1. The summed E-state index contributed by atoms with van der Waals surface area (Å²) in [5.74, 6) is 0.00637. The minimum Gasteiger partial charge on any atom is -0.497 e. The molecule has 2 aromatic heterocycles. The standard InChI is InChI=1S/C20H20N6O3/c1-29-17-7-4-6-16(10-17)26-11-14(9-18(26)27)19(28)23-20-22-13-25(24-20)12-15-5-2-3-8-21-15/h2-8,10,13-14H,9,11-12H2,1H3,(H,23,24,28)/t14-/m0/s1. The predicted octanol–water partition coefficient (Wildman–Crippen LogP) is 1.72. The molecule has 1 aliphatic rings. The van der Waals surface area contributed by atoms with Crippen molar-refractivity contribution in [2.75, 3.05) is 23.9 Å². The third-order valence-electron chi connectivity index (χ3n) is 4.68. The summed E-state index contributed by atoms with van der Waals surface area (Å²) in [6.07, 6.45) is 3.38. The summed E-state index contributed by atoms with van der Waals surface area (Å²) >= 11 is 0. The van der Waals surface area contributed by atoms with E-state index in [9.17, 15) is 9.59 Å². The van der Waals surface area contributed by atoms with E-state index in [0.29, 0.717) is 24.5 Å². The molecule has 1 fully saturated rings. The number of nitrogens with zero attached hydrogens (tertiary/aromatic N) is 5. The maximum Gasteiger partial charge on any atom is 0.248 e. The molecule has 9 heteroatoms. The normalized spacial score (nSPS) is 16.1. The van der Waals surface area contributed by atoms with Gasteiger partial charge in [0.05, 0.1) is 25.3 Å². The van der Waals surface area contributed by atoms with Gasteiger partial charge in [0.2, 0.25) is 17.8 Å². The third-order valence-corrected chi connectivity index (χ3v) is 4.68. The second kappa shape index (κ2) is 8.09. The first-order valence-electron chi connectivity index (χ1n) is 9.17. The first-order valence-corrected chi connectivity index (χ1v) is 9.17. The zero-order valence-corrected chi connectivity index (χ0v) is 15.9. The monoisotopic (exact) mass is 392 g/mol. The van der Waals surface area contributed by atoms with Crippen LogP contribution in [0, 0.1) is 5.92 Å². The molecule has 2 amide bonds. The van der Waals surface area contributed by atoms with E-state index in [2.05, 4.69) is 20.4 Å². The Morgan fingerprint density at radius 3 is 2.93 bits per heavy atom. The quantitative estimate of drug-likeness (QED) is 0.685. The number of carbonyl (C=O) groups is 2. The fourth-order valence-electron chi connectivity index (χ4n) is 3.21. The molecule has 1 atom stereocenters. The van der Waals surface area contributed by atoms with Gasteiger partial charge in [0.1, 0.15) is 12.1 Å². The summed E-state index contributed by atoms with van der Waals surface area (Å²) < 4.78 is 6.80. The van der Waals surface area contributed by atoms with Crippen molar-refractivity contribution in [1.29, 1.82) is 0 Å². The summed E-state index contributed by atoms with van der Waals surface area (Å²) in [5, 5.41) is 6.95. The average Bonchev–Trinajstić information content (AvgIpc) is 3.35. The number of benzene rings is 1. The fraction of sp³-hybridized carbons (Fsp3) is 0.250. The number of aromatic nitrogens is 4. The molecule has 9 nitrogen and oxygen atoms in total. The maximum absolute atomic E-state index is 12.6. The van der Waals surface area contributed by atoms with Crippen LogP contribution < -0.4 is 15.0 Å². The van der Waals surface area contributed by atoms with Gasteiger partial charge in [-0.3, -0.25) is 19.9 Å². The lowest BCUT2D eigenvalue weighted by atomic mass is 10.1. The molecule has 148 valence electrons. The Bertz CT molecular complexity index is 1020. The van der Waals surface area contributed by atoms with Crippen LogP contribution >= 0.6 is 0 Å². The van der Waals surface area contributed by atoms with E-state index in [0.717, 1.165) is 5.69 Å². The van der Waals surface area contributed by atoms with Gasteiger partial charge < -0.3 is 9.64 Å². The van der Waals surface area contributed by atoms with Gasteiger partial charge in [-0.2, -0.15) is 0 Å². The molecule has 0 unspecified atom stereocenters. The minimum absolute atomic E-state index is 0.105. The highest BCUT2D eigenvalue weighted by Gasteiger charge is 2.35. The van der Waals surface area contributed by atoms with Gasteiger partial charge in [-0.25, -0.2) is 9.67 Å². The SMILES string of the molecule is COc1cccc(N2C[C@@H](C(=O)Nc3ncn(Cc4ccccn4)n3)CC2=O)c1. The molecule has 1 N–H and O–H groups in total. The van der Waals surface area contributed by atoms with Crippen molar-refractivity contribution >= 4 is 23.5 Å². The number of nitrogens with one attached hydrogen (secondary N) is 1. The van der Waals surface area contributed by atoms with Crippen molar-refractivity contribution in [2.24, 2.45) is 5.92 Å². The summed E-state index contributed by atoms with van der Waals surface area (Å²) in [6, 6.07) is 12.8. The van der Waals surface area contributed by atoms with Gasteiger partial charge in [0.15, 0.2) is 0 Å². The fourth-order valence-corrected chi connectivity index (χ4v) is 3.21. The van der Waals surface area contributed by atoms with E-state index >= 15 is 0 Å². The molecule has 0 spiro atoms. The Morgan fingerprint density at radius 2 is 2.14 bits per heavy atom. The van der Waals surface area contributed by atoms with Crippen molar-refractivity contribution in [2.45, 2.75) is 13.0 Å². The van der Waals surface area contributed by atoms with Gasteiger partial charge in [-0.05, 0) is 24.3 Å². The Morgan fingerprint density at radius 1 is 1.24 bits per heavy atom. The third kappa shape index (κ3) is 4.23. The predicted molar refractivity (Wildman–Crippen MR) is 105 cm³/mol. The van der Waals surface area contributed by atoms with Gasteiger partial charge in [-0.15, -0.1) is 5.10 Å². The Kier molecular flexibility index (Phi) is 5.19. The van der Waals surface area contributed by atoms with Crippen LogP contribution in [0.25, 0.3) is 0 Å². The maximum atomic E-state index is 12.6. The average molecular weight is 392 g/mol. The van der Waals surface area contributed by atoms with Crippen LogP contribution in [-0.4, -0.2) is 45.2 Å². The van der Waals surface area contributed by atoms with E-state index in [4.69, 9.17) is 4.74 Å². The number of hydrogen-bond donors (Lipinski definition) is 1. The number of pyridine rings is 1. The topological polar surface area (TPSA) is 102 Å². The zero-order chi connectivity index (χ0) is 20.2. The van der Waals surface area contributed by atoms with Gasteiger partial charge in [0, 0.05) is 30.9 Å². The van der Waals surface area contributed by atoms with Crippen LogP contribution in [0.4, 0.5) is 11.6 Å². The molecule has 0 saturated carbocycles. The summed E-state index contributed by atoms with van der Waals surface area (Å²) in [6.45, 7) is 0.752. The number of carbonyl (C=O) groups excluding carboxylic acids is 2. The lowest BCUT2D eigenvalue weighted by molar-refractivity contribution is -0.122. The molecule has 1 aliphatic heterocycles. The molecule has 29 heavy (non-hydrogen) atoms. The summed E-state index contributed by atoms with van der Waals surface area (Å²) in [4.78, 5) is 35.0. The van der Waals surface area contributed by atoms with Crippen LogP contribution in [0.1, 0.15) is 12.1 Å². The molecule has 3 aromatic rings. The number of methoxy groups -OCH3 is 1. The Hall–Kier alpha value is -3.75. The van der Waals surface area contributed by atoms with Crippen molar-refractivity contribution in [3.8, 4) is 5.75 Å². The van der Waals surface area contributed by atoms with Crippen LogP contribution in [0.15, 0.2) is 55.0 Å². The molecule has 4 rings (SSSR count). The number of amides is 2. The largest absolute Gasteiger partial charge is 0.497 e. The van der Waals surface area contributed by atoms with Crippen molar-refractivity contribution in [3.63, 3.8) is 0 Å². The van der Waals surface area contributed by atoms with E-state index in [1.807, 2.05) is 30.3 Å². The lowest BCUT2D eigenvalue weighted by Gasteiger charge is -2.17. The second-order valence-corrected chi connectivity index (χ2v) is 6.68. The van der Waals surface area contributed by atoms with Gasteiger partial charge in [0.25, 0.3) is 0 Å². The van der Waals surface area contributed by atoms with E-state index in [1.54, 1.807) is 35.0 Å². The highest BCUT2D eigenvalue weighted by atomic mass is 16.5. The van der Waals surface area contributed by atoms with Crippen LogP contribution in [-0.2, 0) is 16.1 Å². The lowest BCUT2D eigenvalue weighted by Crippen LogP contribution is -2.28. The van der Waals surface area contributed by atoms with Gasteiger partial charge in [-0.1, -0.05) is 12.1 Å². The molecular formula is C20H20N6O3. The smallest absolute Gasteiger partial charge is 0.248 e. The summed E-state index contributed by atoms with van der Waals surface area (Å²) in [7, 11) is 1.57. The van der Waals surface area contributed by atoms with E-state index in [1.165, 1.54) is 6.33 Å². The molecule has 3 heterocycles. The first kappa shape index (κ1) is 18.6. The first-order chi connectivity index (χ1) is 14.1. The number of rotatable bonds is 6. The van der Waals surface area contributed by atoms with Crippen molar-refractivity contribution in [3.05, 3.63) is 60.7 Å². The van der Waals surface area contributed by atoms with E-state index in [-0.39, 0.29) is 24.2 Å². The van der Waals surface area contributed by atoms with Crippen LogP contribution in [0.2, 0.25) is 0 Å².